The van der Waals surface area contributed by atoms with Crippen molar-refractivity contribution in [3.8, 4) is 17.2 Å². The predicted molar refractivity (Wildman–Crippen MR) is 576 cm³/mol. The van der Waals surface area contributed by atoms with Crippen LogP contribution in [0.2, 0.25) is 0 Å². The third kappa shape index (κ3) is 22.2. The molecule has 140 heavy (non-hydrogen) atoms. The first-order valence-electron chi connectivity index (χ1n) is 53.2. The number of ether oxygens (including phenoxy) is 4. The summed E-state index contributed by atoms with van der Waals surface area (Å²) < 4.78 is 22.2. The SMILES string of the molecule is CN(CCN1CCCC1)c1ccc2nc(C3(C)CC3)nc(N3CCC(c4ccccc4N4CCC4)CC3)c2c1.COCCN(C)c1ccc2nc(C3CCCC3)nc(N3CCC(c4ccccc4OC)CC3)c2c1.COc1ccccc1C1CCN(c2nc(C3CCCC3)nc3ccc(N(C)C)cc23)CC1.COc1ccccc1C1CCN(c2nc(C3CCCC3)nc3ccc(N(C)CCO)cc23)CC1. The van der Waals surface area contributed by atoms with Crippen LogP contribution in [0.1, 0.15) is 254 Å². The van der Waals surface area contributed by atoms with Gasteiger partial charge in [-0.3, -0.25) is 0 Å². The fourth-order valence-electron chi connectivity index (χ4n) is 23.6. The molecule has 22 rings (SSSR count). The van der Waals surface area contributed by atoms with Gasteiger partial charge in [0, 0.05) is 207 Å². The quantitative estimate of drug-likeness (QED) is 0.0486. The molecule has 0 unspecified atom stereocenters. The van der Waals surface area contributed by atoms with Gasteiger partial charge in [-0.2, -0.15) is 0 Å². The monoisotopic (exact) mass is 1890 g/mol. The number of rotatable bonds is 28. The summed E-state index contributed by atoms with van der Waals surface area (Å²) in [5, 5.41) is 14.1. The minimum atomic E-state index is 0.134. The number of hydrogen-bond acceptors (Lipinski definition) is 23. The van der Waals surface area contributed by atoms with Crippen molar-refractivity contribution in [3.05, 3.63) is 215 Å². The van der Waals surface area contributed by atoms with E-state index in [1.54, 1.807) is 34.0 Å². The zero-order valence-electron chi connectivity index (χ0n) is 85.2. The number of benzene rings is 8. The van der Waals surface area contributed by atoms with Gasteiger partial charge >= 0.3 is 0 Å². The first-order valence-corrected chi connectivity index (χ1v) is 53.2. The highest BCUT2D eigenvalue weighted by molar-refractivity contribution is 5.96. The van der Waals surface area contributed by atoms with E-state index in [1.807, 2.05) is 13.1 Å². The molecular formula is C117H152N18O5. The minimum Gasteiger partial charge on any atom is -0.496 e. The number of aromatic nitrogens is 8. The molecule has 0 radical (unpaired) electrons. The Morgan fingerprint density at radius 3 is 1.01 bits per heavy atom. The summed E-state index contributed by atoms with van der Waals surface area (Å²) >= 11 is 0. The lowest BCUT2D eigenvalue weighted by atomic mass is 9.87. The molecule has 4 aliphatic carbocycles. The number of methoxy groups -OCH3 is 4. The molecule has 10 fully saturated rings. The standard InChI is InChI=1S/C33H44N6.C29H38N4O2.C28H36N4O2.C27H34N4O/c1-33(14-15-33)32-34-29-11-10-26(36(2)22-23-37-16-5-6-17-37)24-28(29)31(35-32)39-20-12-25(13-21-39)27-8-3-4-9-30(27)38-18-7-19-38;1-32(18-19-34-2)23-12-13-26-25(20-23)29(31-28(30-26)22-8-4-5-9-22)33-16-14-21(15-17-33)24-10-6-7-11-27(24)35-3;1-31(17-18-33)22-11-12-25-24(19-22)28(30-27(29-25)21-7-3-4-8-21)32-15-13-20(14-16-32)23-9-5-6-10-26(23)34-2;1-30(2)21-12-13-24-23(18-21)27(29-26(28-24)20-8-4-5-9-20)31-16-14-19(15-17-31)22-10-6-7-11-25(22)32-3/h3-4,8-11,24-25H,5-7,12-23H2,1-2H3;6-7,10-13,20-22H,4-5,8-9,14-19H2,1-3H3;5-6,9-12,19-21,33H,3-4,7-8,13-18H2,1-2H3;6-7,10-13,18-20H,4-5,8-9,14-17H2,1-3H3. The van der Waals surface area contributed by atoms with Gasteiger partial charge in [0.25, 0.3) is 0 Å². The molecule has 12 aromatic rings. The van der Waals surface area contributed by atoms with Gasteiger partial charge in [-0.15, -0.1) is 0 Å². The Labute approximate surface area is 831 Å². The second-order valence-corrected chi connectivity index (χ2v) is 42.0. The summed E-state index contributed by atoms with van der Waals surface area (Å²) in [5.41, 5.74) is 16.2. The summed E-state index contributed by atoms with van der Waals surface area (Å²) in [6, 6.07) is 61.1. The Kier molecular flexibility index (Phi) is 31.5. The van der Waals surface area contributed by atoms with E-state index < -0.39 is 0 Å². The lowest BCUT2D eigenvalue weighted by Crippen LogP contribution is -2.39. The molecule has 23 heteroatoms. The van der Waals surface area contributed by atoms with Crippen molar-refractivity contribution >= 4 is 95.3 Å². The van der Waals surface area contributed by atoms with Gasteiger partial charge in [0.2, 0.25) is 0 Å². The average Bonchev–Trinajstić information content (AvgIpc) is 1.54. The van der Waals surface area contributed by atoms with Crippen LogP contribution in [-0.4, -0.2) is 231 Å². The molecule has 8 aromatic carbocycles. The summed E-state index contributed by atoms with van der Waals surface area (Å²) in [5.74, 6) is 15.3. The number of aliphatic hydroxyl groups excluding tert-OH is 1. The summed E-state index contributed by atoms with van der Waals surface area (Å²) in [6.07, 6.45) is 30.3. The van der Waals surface area contributed by atoms with Crippen LogP contribution in [0.15, 0.2) is 170 Å². The fourth-order valence-corrected chi connectivity index (χ4v) is 23.6. The molecule has 10 heterocycles. The van der Waals surface area contributed by atoms with Crippen molar-refractivity contribution in [2.24, 2.45) is 0 Å². The van der Waals surface area contributed by atoms with Crippen LogP contribution in [0.25, 0.3) is 43.6 Å². The number of nitrogens with zero attached hydrogens (tertiary/aromatic N) is 18. The normalized spacial score (nSPS) is 18.6. The van der Waals surface area contributed by atoms with Crippen LogP contribution in [0.3, 0.4) is 0 Å². The van der Waals surface area contributed by atoms with Crippen LogP contribution in [0, 0.1) is 0 Å². The third-order valence-corrected chi connectivity index (χ3v) is 32.7. The van der Waals surface area contributed by atoms with E-state index in [0.717, 1.165) is 213 Å². The van der Waals surface area contributed by atoms with Gasteiger partial charge in [0.05, 0.1) is 56.6 Å². The second kappa shape index (κ2) is 45.2. The van der Waals surface area contributed by atoms with Gasteiger partial charge in [-0.05, 0) is 278 Å². The molecule has 740 valence electrons. The van der Waals surface area contributed by atoms with Crippen molar-refractivity contribution in [2.45, 2.75) is 214 Å². The molecule has 4 aromatic heterocycles. The smallest absolute Gasteiger partial charge is 0.140 e. The third-order valence-electron chi connectivity index (χ3n) is 32.7. The second-order valence-electron chi connectivity index (χ2n) is 42.0. The van der Waals surface area contributed by atoms with Crippen LogP contribution in [0.4, 0.5) is 51.7 Å². The van der Waals surface area contributed by atoms with Crippen molar-refractivity contribution < 1.29 is 24.1 Å². The lowest BCUT2D eigenvalue weighted by molar-refractivity contribution is 0.206. The highest BCUT2D eigenvalue weighted by Crippen LogP contribution is 2.50. The van der Waals surface area contributed by atoms with E-state index in [2.05, 4.69) is 248 Å². The van der Waals surface area contributed by atoms with Crippen molar-refractivity contribution in [1.82, 2.24) is 44.8 Å². The number of piperidine rings is 4. The maximum Gasteiger partial charge on any atom is 0.140 e. The highest BCUT2D eigenvalue weighted by Gasteiger charge is 2.44. The van der Waals surface area contributed by atoms with Gasteiger partial charge < -0.3 is 73.1 Å². The van der Waals surface area contributed by atoms with Crippen molar-refractivity contribution in [3.63, 3.8) is 0 Å². The molecule has 6 saturated heterocycles. The first kappa shape index (κ1) is 97.4. The number of anilines is 9. The van der Waals surface area contributed by atoms with Crippen molar-refractivity contribution in [1.29, 1.82) is 0 Å². The molecule has 1 N–H and O–H groups in total. The van der Waals surface area contributed by atoms with Crippen LogP contribution >= 0.6 is 0 Å². The van der Waals surface area contributed by atoms with E-state index in [9.17, 15) is 5.11 Å². The number of likely N-dealkylation sites (N-methyl/N-ethyl adjacent to an activating group) is 3. The minimum absolute atomic E-state index is 0.134. The summed E-state index contributed by atoms with van der Waals surface area (Å²) in [6.45, 7) is 19.8. The number of para-hydroxylation sites is 4. The Hall–Kier alpha value is -11.4. The molecular weight excluding hydrogens is 1740 g/mol. The summed E-state index contributed by atoms with van der Waals surface area (Å²) in [7, 11) is 17.6. The molecule has 6 aliphatic heterocycles. The van der Waals surface area contributed by atoms with Crippen LogP contribution in [0.5, 0.6) is 17.2 Å². The maximum atomic E-state index is 9.40. The molecule has 0 atom stereocenters. The first-order chi connectivity index (χ1) is 68.6. The zero-order valence-corrected chi connectivity index (χ0v) is 85.2. The highest BCUT2D eigenvalue weighted by atomic mass is 16.5. The molecule has 23 nitrogen and oxygen atoms in total. The molecule has 0 spiro atoms. The number of hydrogen-bond donors (Lipinski definition) is 1. The Morgan fingerprint density at radius 2 is 0.657 bits per heavy atom. The molecule has 0 amide bonds. The van der Waals surface area contributed by atoms with Gasteiger partial charge in [0.1, 0.15) is 63.8 Å². The molecule has 4 saturated carbocycles. The van der Waals surface area contributed by atoms with Crippen molar-refractivity contribution in [2.75, 3.05) is 226 Å². The number of aliphatic hydroxyl groups is 1. The predicted octanol–water partition coefficient (Wildman–Crippen LogP) is 22.4. The van der Waals surface area contributed by atoms with Gasteiger partial charge in [-0.1, -0.05) is 118 Å². The number of fused-ring (bicyclic) bond motifs is 4. The van der Waals surface area contributed by atoms with Gasteiger partial charge in [0.15, 0.2) is 0 Å². The largest absolute Gasteiger partial charge is 0.496 e. The van der Waals surface area contributed by atoms with Crippen LogP contribution < -0.4 is 58.3 Å². The molecule has 0 bridgehead atoms. The Morgan fingerprint density at radius 1 is 0.321 bits per heavy atom. The van der Waals surface area contributed by atoms with E-state index in [-0.39, 0.29) is 12.0 Å². The summed E-state index contributed by atoms with van der Waals surface area (Å²) in [4.78, 5) is 65.3. The molecule has 10 aliphatic rings. The topological polar surface area (TPSA) is 193 Å². The van der Waals surface area contributed by atoms with E-state index in [1.165, 1.54) is 198 Å². The van der Waals surface area contributed by atoms with Gasteiger partial charge in [-0.25, -0.2) is 39.9 Å². The van der Waals surface area contributed by atoms with E-state index in [0.29, 0.717) is 54.6 Å². The van der Waals surface area contributed by atoms with E-state index >= 15 is 0 Å². The van der Waals surface area contributed by atoms with Crippen LogP contribution in [-0.2, 0) is 10.2 Å². The average molecular weight is 1890 g/mol. The Bertz CT molecular complexity index is 6130. The fraction of sp³-hybridized carbons (Fsp3) is 0.521. The maximum absolute atomic E-state index is 9.40. The Balaban J connectivity index is 0.000000119. The zero-order chi connectivity index (χ0) is 96.2. The number of likely N-dealkylation sites (tertiary alicyclic amines) is 1. The van der Waals surface area contributed by atoms with E-state index in [4.69, 9.17) is 58.8 Å². The lowest BCUT2D eigenvalue weighted by Gasteiger charge is -2.39.